The standard InChI is InChI=1S/C12H12N2O3/c15-8-6-13-5-7-14-11(16)9-3-1-2-4-10(9)12(14)17/h1-5,7,13,15H,6,8H2/b7-5+. The van der Waals surface area contributed by atoms with Crippen LogP contribution < -0.4 is 5.32 Å². The maximum absolute atomic E-state index is 11.8. The number of carbonyl (C=O) groups excluding carboxylic acids is 2. The van der Waals surface area contributed by atoms with E-state index in [9.17, 15) is 9.59 Å². The molecular weight excluding hydrogens is 220 g/mol. The highest BCUT2D eigenvalue weighted by molar-refractivity contribution is 6.21. The molecule has 1 aromatic rings. The fourth-order valence-corrected chi connectivity index (χ4v) is 1.62. The number of nitrogens with one attached hydrogen (secondary N) is 1. The average Bonchev–Trinajstić information content (AvgIpc) is 2.60. The van der Waals surface area contributed by atoms with E-state index < -0.39 is 0 Å². The molecule has 88 valence electrons. The van der Waals surface area contributed by atoms with Crippen LogP contribution in [0.2, 0.25) is 0 Å². The van der Waals surface area contributed by atoms with Gasteiger partial charge in [0.1, 0.15) is 0 Å². The fourth-order valence-electron chi connectivity index (χ4n) is 1.62. The summed E-state index contributed by atoms with van der Waals surface area (Å²) in [6.45, 7) is 0.367. The molecule has 0 radical (unpaired) electrons. The van der Waals surface area contributed by atoms with E-state index in [2.05, 4.69) is 5.32 Å². The van der Waals surface area contributed by atoms with Gasteiger partial charge in [-0.05, 0) is 12.1 Å². The Bertz CT molecular complexity index is 447. The van der Waals surface area contributed by atoms with Gasteiger partial charge in [0.15, 0.2) is 0 Å². The van der Waals surface area contributed by atoms with E-state index in [1.165, 1.54) is 12.4 Å². The van der Waals surface area contributed by atoms with Crippen molar-refractivity contribution in [2.75, 3.05) is 13.2 Å². The highest BCUT2D eigenvalue weighted by Gasteiger charge is 2.33. The van der Waals surface area contributed by atoms with Gasteiger partial charge in [-0.25, -0.2) is 4.90 Å². The van der Waals surface area contributed by atoms with Gasteiger partial charge in [-0.15, -0.1) is 0 Å². The summed E-state index contributed by atoms with van der Waals surface area (Å²) in [6.07, 6.45) is 2.85. The van der Waals surface area contributed by atoms with E-state index >= 15 is 0 Å². The van der Waals surface area contributed by atoms with Crippen LogP contribution in [0.4, 0.5) is 0 Å². The van der Waals surface area contributed by atoms with Crippen LogP contribution in [0, 0.1) is 0 Å². The Morgan fingerprint density at radius 2 is 1.76 bits per heavy atom. The van der Waals surface area contributed by atoms with Gasteiger partial charge < -0.3 is 10.4 Å². The van der Waals surface area contributed by atoms with Crippen LogP contribution >= 0.6 is 0 Å². The minimum absolute atomic E-state index is 0.00748. The van der Waals surface area contributed by atoms with Crippen LogP contribution in [0.1, 0.15) is 20.7 Å². The molecule has 1 aliphatic heterocycles. The van der Waals surface area contributed by atoms with Crippen molar-refractivity contribution >= 4 is 11.8 Å². The molecule has 0 spiro atoms. The van der Waals surface area contributed by atoms with Crippen molar-refractivity contribution in [1.82, 2.24) is 10.2 Å². The normalized spacial score (nSPS) is 14.5. The first-order chi connectivity index (χ1) is 8.25. The molecule has 17 heavy (non-hydrogen) atoms. The number of carbonyl (C=O) groups is 2. The first-order valence-electron chi connectivity index (χ1n) is 5.23. The molecule has 0 bridgehead atoms. The van der Waals surface area contributed by atoms with Gasteiger partial charge in [0.05, 0.1) is 17.7 Å². The number of benzene rings is 1. The zero-order valence-corrected chi connectivity index (χ0v) is 9.09. The van der Waals surface area contributed by atoms with Crippen molar-refractivity contribution in [3.05, 3.63) is 47.8 Å². The second kappa shape index (κ2) is 4.80. The number of aliphatic hydroxyl groups excluding tert-OH is 1. The Balaban J connectivity index is 2.16. The monoisotopic (exact) mass is 232 g/mol. The van der Waals surface area contributed by atoms with Gasteiger partial charge in [-0.2, -0.15) is 0 Å². The summed E-state index contributed by atoms with van der Waals surface area (Å²) in [5.41, 5.74) is 0.841. The van der Waals surface area contributed by atoms with E-state index in [1.54, 1.807) is 24.3 Å². The summed E-state index contributed by atoms with van der Waals surface area (Å²) in [4.78, 5) is 24.7. The summed E-state index contributed by atoms with van der Waals surface area (Å²) < 4.78 is 0. The predicted octanol–water partition coefficient (Wildman–Crippen LogP) is 0.336. The molecule has 0 unspecified atom stereocenters. The zero-order valence-electron chi connectivity index (χ0n) is 9.09. The molecule has 0 saturated carbocycles. The Morgan fingerprint density at radius 1 is 1.18 bits per heavy atom. The second-order valence-corrected chi connectivity index (χ2v) is 3.52. The number of hydrogen-bond donors (Lipinski definition) is 2. The Hall–Kier alpha value is -2.14. The molecule has 2 N–H and O–H groups in total. The zero-order chi connectivity index (χ0) is 12.3. The average molecular weight is 232 g/mol. The minimum atomic E-state index is -0.326. The van der Waals surface area contributed by atoms with Crippen molar-refractivity contribution in [3.63, 3.8) is 0 Å². The Labute approximate surface area is 98.4 Å². The number of amides is 2. The van der Waals surface area contributed by atoms with E-state index in [-0.39, 0.29) is 18.4 Å². The molecule has 0 aliphatic carbocycles. The molecule has 2 amide bonds. The third-order valence-electron chi connectivity index (χ3n) is 2.42. The smallest absolute Gasteiger partial charge is 0.265 e. The lowest BCUT2D eigenvalue weighted by Gasteiger charge is -2.06. The summed E-state index contributed by atoms with van der Waals surface area (Å²) in [5.74, 6) is -0.653. The molecule has 2 rings (SSSR count). The van der Waals surface area contributed by atoms with Crippen molar-refractivity contribution in [2.45, 2.75) is 0 Å². The lowest BCUT2D eigenvalue weighted by Crippen LogP contribution is -2.24. The molecular formula is C12H12N2O3. The molecule has 0 fully saturated rings. The van der Waals surface area contributed by atoms with Gasteiger partial charge in [-0.1, -0.05) is 12.1 Å². The minimum Gasteiger partial charge on any atom is -0.395 e. The summed E-state index contributed by atoms with van der Waals surface area (Å²) in [5, 5.41) is 11.3. The fraction of sp³-hybridized carbons (Fsp3) is 0.167. The molecule has 0 aromatic heterocycles. The number of rotatable bonds is 4. The van der Waals surface area contributed by atoms with E-state index in [1.807, 2.05) is 0 Å². The Morgan fingerprint density at radius 3 is 2.29 bits per heavy atom. The van der Waals surface area contributed by atoms with Gasteiger partial charge in [0.2, 0.25) is 0 Å². The molecule has 1 aliphatic rings. The highest BCUT2D eigenvalue weighted by Crippen LogP contribution is 2.22. The van der Waals surface area contributed by atoms with Crippen molar-refractivity contribution in [3.8, 4) is 0 Å². The van der Waals surface area contributed by atoms with E-state index in [0.717, 1.165) is 4.90 Å². The topological polar surface area (TPSA) is 69.6 Å². The lowest BCUT2D eigenvalue weighted by molar-refractivity contribution is 0.0721. The molecule has 5 heteroatoms. The van der Waals surface area contributed by atoms with Gasteiger partial charge in [-0.3, -0.25) is 9.59 Å². The van der Waals surface area contributed by atoms with Crippen LogP contribution in [-0.4, -0.2) is 35.0 Å². The van der Waals surface area contributed by atoms with Crippen LogP contribution in [0.15, 0.2) is 36.7 Å². The van der Waals surface area contributed by atoms with Crippen molar-refractivity contribution in [1.29, 1.82) is 0 Å². The van der Waals surface area contributed by atoms with E-state index in [4.69, 9.17) is 5.11 Å². The summed E-state index contributed by atoms with van der Waals surface area (Å²) in [7, 11) is 0. The van der Waals surface area contributed by atoms with Gasteiger partial charge in [0.25, 0.3) is 11.8 Å². The molecule has 5 nitrogen and oxygen atoms in total. The van der Waals surface area contributed by atoms with Crippen molar-refractivity contribution < 1.29 is 14.7 Å². The molecule has 0 saturated heterocycles. The molecule has 1 heterocycles. The number of hydrogen-bond acceptors (Lipinski definition) is 4. The molecule has 1 aromatic carbocycles. The van der Waals surface area contributed by atoms with Crippen molar-refractivity contribution in [2.24, 2.45) is 0 Å². The van der Waals surface area contributed by atoms with Crippen LogP contribution in [-0.2, 0) is 0 Å². The summed E-state index contributed by atoms with van der Waals surface area (Å²) in [6, 6.07) is 6.71. The largest absolute Gasteiger partial charge is 0.395 e. The molecule has 0 atom stereocenters. The van der Waals surface area contributed by atoms with E-state index in [0.29, 0.717) is 17.7 Å². The van der Waals surface area contributed by atoms with Gasteiger partial charge >= 0.3 is 0 Å². The quantitative estimate of drug-likeness (QED) is 0.580. The number of fused-ring (bicyclic) bond motifs is 1. The van der Waals surface area contributed by atoms with Crippen LogP contribution in [0.25, 0.3) is 0 Å². The predicted molar refractivity (Wildman–Crippen MR) is 61.2 cm³/mol. The number of nitrogens with zero attached hydrogens (tertiary/aromatic N) is 1. The number of aliphatic hydroxyl groups is 1. The van der Waals surface area contributed by atoms with Crippen LogP contribution in [0.5, 0.6) is 0 Å². The third-order valence-corrected chi connectivity index (χ3v) is 2.42. The lowest BCUT2D eigenvalue weighted by atomic mass is 10.1. The van der Waals surface area contributed by atoms with Gasteiger partial charge in [0, 0.05) is 18.9 Å². The summed E-state index contributed by atoms with van der Waals surface area (Å²) >= 11 is 0. The van der Waals surface area contributed by atoms with Crippen LogP contribution in [0.3, 0.4) is 0 Å². The first kappa shape index (κ1) is 11.3. The maximum atomic E-state index is 11.8. The first-order valence-corrected chi connectivity index (χ1v) is 5.23. The highest BCUT2D eigenvalue weighted by atomic mass is 16.3. The Kier molecular flexibility index (Phi) is 3.20. The second-order valence-electron chi connectivity index (χ2n) is 3.52. The maximum Gasteiger partial charge on any atom is 0.265 e. The number of imide groups is 1. The SMILES string of the molecule is O=C1c2ccccc2C(=O)N1/C=C/NCCO. The third kappa shape index (κ3) is 2.05.